The Hall–Kier alpha value is -0.980. The summed E-state index contributed by atoms with van der Waals surface area (Å²) in [5.41, 5.74) is 1.19. The van der Waals surface area contributed by atoms with Crippen LogP contribution in [0.25, 0.3) is 0 Å². The molecule has 3 aliphatic rings. The molecule has 3 heterocycles. The SMILES string of the molecule is CC1(C)O[C@H]2[C@@H](OCc3ccccc3)[C@H]3CCOCN3C[C@@H]2O1. The summed E-state index contributed by atoms with van der Waals surface area (Å²) in [6.07, 6.45) is 1.03. The first-order valence-electron chi connectivity index (χ1n) is 8.45. The van der Waals surface area contributed by atoms with Crippen LogP contribution in [0.2, 0.25) is 0 Å². The number of hydrogen-bond donors (Lipinski definition) is 0. The van der Waals surface area contributed by atoms with Gasteiger partial charge in [0, 0.05) is 19.2 Å². The van der Waals surface area contributed by atoms with Gasteiger partial charge in [-0.15, -0.1) is 0 Å². The van der Waals surface area contributed by atoms with E-state index in [1.165, 1.54) is 5.56 Å². The topological polar surface area (TPSA) is 40.2 Å². The Morgan fingerprint density at radius 2 is 2.04 bits per heavy atom. The van der Waals surface area contributed by atoms with Gasteiger partial charge in [-0.2, -0.15) is 0 Å². The van der Waals surface area contributed by atoms with Crippen LogP contribution in [0.1, 0.15) is 25.8 Å². The number of rotatable bonds is 3. The van der Waals surface area contributed by atoms with Gasteiger partial charge in [-0.1, -0.05) is 30.3 Å². The highest BCUT2D eigenvalue weighted by Crippen LogP contribution is 2.38. The monoisotopic (exact) mass is 319 g/mol. The van der Waals surface area contributed by atoms with Crippen molar-refractivity contribution in [1.82, 2.24) is 4.90 Å². The number of piperidine rings is 1. The first-order chi connectivity index (χ1) is 11.1. The van der Waals surface area contributed by atoms with E-state index in [1.54, 1.807) is 0 Å². The van der Waals surface area contributed by atoms with Crippen molar-refractivity contribution < 1.29 is 18.9 Å². The van der Waals surface area contributed by atoms with Crippen LogP contribution in [0.15, 0.2) is 30.3 Å². The predicted molar refractivity (Wildman–Crippen MR) is 84.8 cm³/mol. The van der Waals surface area contributed by atoms with E-state index in [4.69, 9.17) is 18.9 Å². The fourth-order valence-corrected chi connectivity index (χ4v) is 3.93. The molecule has 0 bridgehead atoms. The molecule has 0 aromatic heterocycles. The molecule has 5 heteroatoms. The summed E-state index contributed by atoms with van der Waals surface area (Å²) in [5.74, 6) is -0.542. The summed E-state index contributed by atoms with van der Waals surface area (Å²) in [6.45, 7) is 6.86. The average Bonchev–Trinajstić information content (AvgIpc) is 2.86. The zero-order valence-corrected chi connectivity index (χ0v) is 13.8. The van der Waals surface area contributed by atoms with Crippen LogP contribution in [-0.2, 0) is 25.6 Å². The van der Waals surface area contributed by atoms with E-state index < -0.39 is 5.79 Å². The van der Waals surface area contributed by atoms with Gasteiger partial charge in [0.05, 0.1) is 13.3 Å². The Labute approximate surface area is 137 Å². The molecule has 0 unspecified atom stereocenters. The molecule has 1 aromatic carbocycles. The summed E-state index contributed by atoms with van der Waals surface area (Å²) >= 11 is 0. The van der Waals surface area contributed by atoms with Crippen LogP contribution < -0.4 is 0 Å². The molecule has 1 aromatic rings. The molecule has 0 radical (unpaired) electrons. The van der Waals surface area contributed by atoms with E-state index in [0.717, 1.165) is 19.6 Å². The van der Waals surface area contributed by atoms with E-state index in [-0.39, 0.29) is 18.3 Å². The van der Waals surface area contributed by atoms with Crippen LogP contribution in [0, 0.1) is 0 Å². The molecule has 0 saturated carbocycles. The number of fused-ring (bicyclic) bond motifs is 2. The van der Waals surface area contributed by atoms with Crippen molar-refractivity contribution >= 4 is 0 Å². The Morgan fingerprint density at radius 3 is 2.87 bits per heavy atom. The lowest BCUT2D eigenvalue weighted by molar-refractivity contribution is -0.180. The van der Waals surface area contributed by atoms with E-state index >= 15 is 0 Å². The number of ether oxygens (including phenoxy) is 4. The molecular formula is C18H25NO4. The predicted octanol–water partition coefficient (Wildman–Crippen LogP) is 2.15. The first kappa shape index (κ1) is 15.5. The molecule has 0 spiro atoms. The lowest BCUT2D eigenvalue weighted by atomic mass is 9.91. The van der Waals surface area contributed by atoms with Crippen LogP contribution in [0.5, 0.6) is 0 Å². The van der Waals surface area contributed by atoms with Crippen molar-refractivity contribution in [2.75, 3.05) is 19.9 Å². The van der Waals surface area contributed by atoms with Gasteiger partial charge in [-0.05, 0) is 25.8 Å². The maximum Gasteiger partial charge on any atom is 0.163 e. The van der Waals surface area contributed by atoms with Crippen molar-refractivity contribution in [3.05, 3.63) is 35.9 Å². The molecule has 4 atom stereocenters. The van der Waals surface area contributed by atoms with Crippen molar-refractivity contribution in [1.29, 1.82) is 0 Å². The fraction of sp³-hybridized carbons (Fsp3) is 0.667. The third kappa shape index (κ3) is 3.16. The van der Waals surface area contributed by atoms with Crippen molar-refractivity contribution in [3.8, 4) is 0 Å². The van der Waals surface area contributed by atoms with Crippen molar-refractivity contribution in [2.24, 2.45) is 0 Å². The van der Waals surface area contributed by atoms with Gasteiger partial charge < -0.3 is 18.9 Å². The molecule has 23 heavy (non-hydrogen) atoms. The normalized spacial score (nSPS) is 36.4. The third-order valence-corrected chi connectivity index (χ3v) is 4.91. The number of hydrogen-bond acceptors (Lipinski definition) is 5. The molecule has 0 aliphatic carbocycles. The van der Waals surface area contributed by atoms with Crippen LogP contribution in [0.3, 0.4) is 0 Å². The van der Waals surface area contributed by atoms with Crippen LogP contribution in [-0.4, -0.2) is 54.9 Å². The number of benzene rings is 1. The van der Waals surface area contributed by atoms with Crippen molar-refractivity contribution in [3.63, 3.8) is 0 Å². The molecule has 4 rings (SSSR count). The van der Waals surface area contributed by atoms with E-state index in [2.05, 4.69) is 17.0 Å². The molecule has 126 valence electrons. The Bertz CT molecular complexity index is 535. The minimum absolute atomic E-state index is 0.00642. The van der Waals surface area contributed by atoms with Crippen LogP contribution >= 0.6 is 0 Å². The van der Waals surface area contributed by atoms with Gasteiger partial charge in [-0.25, -0.2) is 0 Å². The summed E-state index contributed by atoms with van der Waals surface area (Å²) < 4.78 is 24.2. The highest BCUT2D eigenvalue weighted by Gasteiger charge is 2.53. The molecular weight excluding hydrogens is 294 g/mol. The van der Waals surface area contributed by atoms with E-state index in [1.807, 2.05) is 32.0 Å². The molecule has 0 N–H and O–H groups in total. The van der Waals surface area contributed by atoms with Gasteiger partial charge in [-0.3, -0.25) is 4.90 Å². The maximum atomic E-state index is 6.34. The smallest absolute Gasteiger partial charge is 0.163 e. The number of nitrogens with zero attached hydrogens (tertiary/aromatic N) is 1. The van der Waals surface area contributed by atoms with E-state index in [9.17, 15) is 0 Å². The third-order valence-electron chi connectivity index (χ3n) is 4.91. The summed E-state index contributed by atoms with van der Waals surface area (Å²) in [4.78, 5) is 2.34. The van der Waals surface area contributed by atoms with Gasteiger partial charge in [0.25, 0.3) is 0 Å². The van der Waals surface area contributed by atoms with Gasteiger partial charge >= 0.3 is 0 Å². The fourth-order valence-electron chi connectivity index (χ4n) is 3.93. The minimum Gasteiger partial charge on any atom is -0.369 e. The second-order valence-corrected chi connectivity index (χ2v) is 7.06. The first-order valence-corrected chi connectivity index (χ1v) is 8.45. The van der Waals surface area contributed by atoms with Gasteiger partial charge in [0.1, 0.15) is 18.3 Å². The standard InChI is InChI=1S/C18H25NO4/c1-18(2)22-15-10-19-12-20-9-8-14(19)16(17(15)23-18)21-11-13-6-4-3-5-7-13/h3-7,14-17H,8-12H2,1-2H3/t14-,15+,16+,17-/m1/s1. The lowest BCUT2D eigenvalue weighted by Crippen LogP contribution is -2.63. The summed E-state index contributed by atoms with van der Waals surface area (Å²) in [7, 11) is 0. The Balaban J connectivity index is 1.52. The molecule has 3 aliphatic heterocycles. The second kappa shape index (κ2) is 6.15. The minimum atomic E-state index is -0.542. The van der Waals surface area contributed by atoms with Crippen LogP contribution in [0.4, 0.5) is 0 Å². The lowest BCUT2D eigenvalue weighted by Gasteiger charge is -2.47. The van der Waals surface area contributed by atoms with Gasteiger partial charge in [0.2, 0.25) is 0 Å². The van der Waals surface area contributed by atoms with Crippen molar-refractivity contribution in [2.45, 2.75) is 57.0 Å². The molecule has 0 amide bonds. The molecule has 3 fully saturated rings. The average molecular weight is 319 g/mol. The summed E-state index contributed by atoms with van der Waals surface area (Å²) in [6, 6.07) is 10.6. The second-order valence-electron chi connectivity index (χ2n) is 7.06. The maximum absolute atomic E-state index is 6.34. The highest BCUT2D eigenvalue weighted by atomic mass is 16.8. The highest BCUT2D eigenvalue weighted by molar-refractivity contribution is 5.13. The zero-order valence-electron chi connectivity index (χ0n) is 13.8. The molecule has 3 saturated heterocycles. The largest absolute Gasteiger partial charge is 0.369 e. The molecule has 5 nitrogen and oxygen atoms in total. The Morgan fingerprint density at radius 1 is 1.22 bits per heavy atom. The Kier molecular flexibility index (Phi) is 4.15. The van der Waals surface area contributed by atoms with Gasteiger partial charge in [0.15, 0.2) is 5.79 Å². The summed E-state index contributed by atoms with van der Waals surface area (Å²) in [5, 5.41) is 0. The van der Waals surface area contributed by atoms with E-state index in [0.29, 0.717) is 19.4 Å². The quantitative estimate of drug-likeness (QED) is 0.854. The zero-order chi connectivity index (χ0) is 15.9.